The number of carbonyl (C=O) groups excluding carboxylic acids is 1. The lowest BCUT2D eigenvalue weighted by Crippen LogP contribution is -2.34. The van der Waals surface area contributed by atoms with Gasteiger partial charge in [-0.25, -0.2) is 22.4 Å². The summed E-state index contributed by atoms with van der Waals surface area (Å²) in [6.45, 7) is 3.10. The van der Waals surface area contributed by atoms with Crippen molar-refractivity contribution in [3.63, 3.8) is 0 Å². The second kappa shape index (κ2) is 7.74. The molecule has 0 radical (unpaired) electrons. The quantitative estimate of drug-likeness (QED) is 0.352. The largest absolute Gasteiger partial charge is 0.335 e. The molecule has 0 N–H and O–H groups in total. The van der Waals surface area contributed by atoms with E-state index in [1.165, 1.54) is 10.3 Å². The Bertz CT molecular complexity index is 1220. The summed E-state index contributed by atoms with van der Waals surface area (Å²) < 4.78 is 28.4. The van der Waals surface area contributed by atoms with Crippen molar-refractivity contribution in [3.05, 3.63) is 59.1 Å². The van der Waals surface area contributed by atoms with E-state index in [1.807, 2.05) is 17.8 Å². The molecule has 3 heterocycles. The first-order valence-electron chi connectivity index (χ1n) is 9.11. The first-order valence-corrected chi connectivity index (χ1v) is 10.9. The van der Waals surface area contributed by atoms with Gasteiger partial charge in [0.15, 0.2) is 5.65 Å². The molecule has 0 atom stereocenters. The minimum absolute atomic E-state index is 0.165. The maximum atomic E-state index is 13.6. The number of carbonyl (C=O) groups is 1. The van der Waals surface area contributed by atoms with Crippen LogP contribution in [0.1, 0.15) is 17.7 Å². The zero-order valence-electron chi connectivity index (χ0n) is 15.7. The normalized spacial score (nSPS) is 15.3. The van der Waals surface area contributed by atoms with E-state index < -0.39 is 10.0 Å². The smallest absolute Gasteiger partial charge is 0.281 e. The van der Waals surface area contributed by atoms with Crippen LogP contribution in [0.3, 0.4) is 0 Å². The van der Waals surface area contributed by atoms with E-state index in [1.54, 1.807) is 30.3 Å². The third kappa shape index (κ3) is 3.61. The lowest BCUT2D eigenvalue weighted by atomic mass is 9.90. The van der Waals surface area contributed by atoms with Crippen molar-refractivity contribution in [2.24, 2.45) is 0 Å². The van der Waals surface area contributed by atoms with Crippen LogP contribution in [0, 0.1) is 6.92 Å². The second-order valence-electron chi connectivity index (χ2n) is 6.93. The minimum atomic E-state index is -3.93. The Morgan fingerprint density at radius 1 is 1.21 bits per heavy atom. The van der Waals surface area contributed by atoms with E-state index in [-0.39, 0.29) is 15.7 Å². The lowest BCUT2D eigenvalue weighted by Gasteiger charge is -2.25. The number of fused-ring (bicyclic) bond motifs is 1. The number of halogens is 1. The Balaban J connectivity index is 1.94. The summed E-state index contributed by atoms with van der Waals surface area (Å²) in [5, 5.41) is 0.656. The van der Waals surface area contributed by atoms with Crippen molar-refractivity contribution < 1.29 is 13.2 Å². The molecule has 4 rings (SSSR count). The predicted molar refractivity (Wildman–Crippen MR) is 114 cm³/mol. The van der Waals surface area contributed by atoms with Gasteiger partial charge in [-0.1, -0.05) is 35.4 Å². The molecule has 0 saturated carbocycles. The molecule has 7 nitrogen and oxygen atoms in total. The van der Waals surface area contributed by atoms with Gasteiger partial charge < -0.3 is 9.61 Å². The standard InChI is InChI=1S/C19H18BClN4O3S/c1-13-4-6-15(7-5-13)29(27,28)25-17(9-16-18(21)22-12-23-19(16)25)14-3-2-8-24(10-14)20-11-26/h3-7,9,11-12,20H,2,8,10H2,1H3. The number of rotatable bonds is 5. The molecular formula is C19H18BClN4O3S. The fourth-order valence-corrected chi connectivity index (χ4v) is 5.17. The molecule has 3 aromatic rings. The molecule has 0 fully saturated rings. The molecule has 148 valence electrons. The van der Waals surface area contributed by atoms with Crippen molar-refractivity contribution >= 4 is 51.8 Å². The summed E-state index contributed by atoms with van der Waals surface area (Å²) >= 11 is 6.24. The van der Waals surface area contributed by atoms with Gasteiger partial charge in [-0.05, 0) is 43.7 Å². The Labute approximate surface area is 174 Å². The average molecular weight is 429 g/mol. The van der Waals surface area contributed by atoms with Crippen molar-refractivity contribution in [1.29, 1.82) is 0 Å². The number of hydrogen-bond acceptors (Lipinski definition) is 6. The highest BCUT2D eigenvalue weighted by Crippen LogP contribution is 2.32. The molecule has 10 heteroatoms. The molecule has 29 heavy (non-hydrogen) atoms. The van der Waals surface area contributed by atoms with Crippen LogP contribution in [0.15, 0.2) is 47.6 Å². The fourth-order valence-electron chi connectivity index (χ4n) is 3.50. The zero-order chi connectivity index (χ0) is 20.6. The highest BCUT2D eigenvalue weighted by atomic mass is 35.5. The van der Waals surface area contributed by atoms with Gasteiger partial charge in [0.1, 0.15) is 11.5 Å². The van der Waals surface area contributed by atoms with E-state index in [2.05, 4.69) is 9.97 Å². The highest BCUT2D eigenvalue weighted by Gasteiger charge is 2.28. The van der Waals surface area contributed by atoms with Crippen LogP contribution in [0.5, 0.6) is 0 Å². The first kappa shape index (κ1) is 19.8. The SMILES string of the molecule is Cc1ccc(S(=O)(=O)n2c(C3=CCCN(BC=O)C3)cc3c(Cl)ncnc32)cc1. The zero-order valence-corrected chi connectivity index (χ0v) is 17.3. The Morgan fingerprint density at radius 2 is 1.97 bits per heavy atom. The summed E-state index contributed by atoms with van der Waals surface area (Å²) in [4.78, 5) is 21.3. The minimum Gasteiger partial charge on any atom is -0.335 e. The number of nitrogens with zero attached hydrogens (tertiary/aromatic N) is 4. The predicted octanol–water partition coefficient (Wildman–Crippen LogP) is 2.26. The van der Waals surface area contributed by atoms with E-state index in [0.29, 0.717) is 31.5 Å². The Morgan fingerprint density at radius 3 is 2.69 bits per heavy atom. The van der Waals surface area contributed by atoms with Gasteiger partial charge in [-0.2, -0.15) is 0 Å². The van der Waals surface area contributed by atoms with Crippen molar-refractivity contribution in [2.75, 3.05) is 13.1 Å². The maximum absolute atomic E-state index is 13.6. The first-order chi connectivity index (χ1) is 13.9. The van der Waals surface area contributed by atoms with Gasteiger partial charge in [0.05, 0.1) is 22.2 Å². The molecule has 1 aliphatic rings. The lowest BCUT2D eigenvalue weighted by molar-refractivity contribution is 0.489. The van der Waals surface area contributed by atoms with Crippen LogP contribution >= 0.6 is 11.6 Å². The van der Waals surface area contributed by atoms with Gasteiger partial charge >= 0.3 is 0 Å². The molecule has 0 spiro atoms. The van der Waals surface area contributed by atoms with E-state index >= 15 is 0 Å². The van der Waals surface area contributed by atoms with E-state index in [0.717, 1.165) is 23.9 Å². The van der Waals surface area contributed by atoms with Crippen LogP contribution in [0.4, 0.5) is 0 Å². The number of aryl methyl sites for hydroxylation is 1. The Kier molecular flexibility index (Phi) is 5.29. The summed E-state index contributed by atoms with van der Waals surface area (Å²) in [5.41, 5.74) is 2.49. The van der Waals surface area contributed by atoms with Crippen molar-refractivity contribution in [2.45, 2.75) is 18.2 Å². The monoisotopic (exact) mass is 428 g/mol. The van der Waals surface area contributed by atoms with Crippen molar-refractivity contribution in [1.82, 2.24) is 18.8 Å². The summed E-state index contributed by atoms with van der Waals surface area (Å²) in [5.74, 6) is 0. The second-order valence-corrected chi connectivity index (χ2v) is 9.08. The number of hydrogen-bond donors (Lipinski definition) is 0. The Hall–Kier alpha value is -2.49. The molecule has 1 aromatic carbocycles. The van der Waals surface area contributed by atoms with Gasteiger partial charge in [0.25, 0.3) is 17.4 Å². The van der Waals surface area contributed by atoms with Crippen LogP contribution in [0.25, 0.3) is 16.6 Å². The van der Waals surface area contributed by atoms with Crippen LogP contribution < -0.4 is 0 Å². The highest BCUT2D eigenvalue weighted by molar-refractivity contribution is 7.90. The molecule has 0 amide bonds. The van der Waals surface area contributed by atoms with Crippen LogP contribution in [0.2, 0.25) is 5.15 Å². The van der Waals surface area contributed by atoms with Gasteiger partial charge in [-0.3, -0.25) is 0 Å². The molecule has 0 bridgehead atoms. The van der Waals surface area contributed by atoms with Crippen LogP contribution in [-0.4, -0.2) is 53.9 Å². The van der Waals surface area contributed by atoms with Gasteiger partial charge in [0.2, 0.25) is 0 Å². The van der Waals surface area contributed by atoms with E-state index in [9.17, 15) is 13.2 Å². The molecular weight excluding hydrogens is 411 g/mol. The van der Waals surface area contributed by atoms with Gasteiger partial charge in [0, 0.05) is 6.54 Å². The molecule has 0 saturated heterocycles. The third-order valence-electron chi connectivity index (χ3n) is 4.96. The summed E-state index contributed by atoms with van der Waals surface area (Å²) in [7, 11) is -3.63. The summed E-state index contributed by atoms with van der Waals surface area (Å²) in [6.07, 6.45) is 4.82. The topological polar surface area (TPSA) is 85.2 Å². The average Bonchev–Trinajstić information content (AvgIpc) is 3.11. The molecule has 0 unspecified atom stereocenters. The van der Waals surface area contributed by atoms with Gasteiger partial charge in [-0.15, -0.1) is 0 Å². The summed E-state index contributed by atoms with van der Waals surface area (Å²) in [6, 6.07) is 8.38. The fraction of sp³-hybridized carbons (Fsp3) is 0.211. The molecule has 0 aliphatic carbocycles. The van der Waals surface area contributed by atoms with E-state index in [4.69, 9.17) is 11.6 Å². The molecule has 1 aliphatic heterocycles. The maximum Gasteiger partial charge on any atom is 0.281 e. The van der Waals surface area contributed by atoms with Crippen LogP contribution in [-0.2, 0) is 14.8 Å². The van der Waals surface area contributed by atoms with Crippen molar-refractivity contribution in [3.8, 4) is 0 Å². The number of benzene rings is 1. The third-order valence-corrected chi connectivity index (χ3v) is 6.98. The molecule has 2 aromatic heterocycles. The number of aromatic nitrogens is 3.